The van der Waals surface area contributed by atoms with Gasteiger partial charge in [0.25, 0.3) is 15.6 Å². The Morgan fingerprint density at radius 1 is 1.06 bits per heavy atom. The van der Waals surface area contributed by atoms with Gasteiger partial charge in [0.1, 0.15) is 18.1 Å². The van der Waals surface area contributed by atoms with Crippen LogP contribution >= 0.6 is 0 Å². The molecule has 0 saturated carbocycles. The Labute approximate surface area is 180 Å². The molecule has 0 unspecified atom stereocenters. The number of nitrogens with two attached hydrogens (primary N) is 1. The number of aromatic nitrogens is 2. The van der Waals surface area contributed by atoms with Gasteiger partial charge in [-0.25, -0.2) is 13.4 Å². The molecule has 0 aliphatic heterocycles. The highest BCUT2D eigenvalue weighted by atomic mass is 32.2. The first-order valence-corrected chi connectivity index (χ1v) is 10.9. The molecule has 2 aromatic heterocycles. The summed E-state index contributed by atoms with van der Waals surface area (Å²) < 4.78 is 28.8. The van der Waals surface area contributed by atoms with E-state index in [9.17, 15) is 18.0 Å². The molecule has 0 radical (unpaired) electrons. The highest BCUT2D eigenvalue weighted by Crippen LogP contribution is 2.14. The number of hydrogen-bond donors (Lipinski definition) is 3. The Balaban J connectivity index is 1.75. The number of aryl methyl sites for hydroxylation is 2. The largest absolute Gasteiger partial charge is 0.384 e. The van der Waals surface area contributed by atoms with Crippen LogP contribution in [0.25, 0.3) is 0 Å². The summed E-state index contributed by atoms with van der Waals surface area (Å²) in [4.78, 5) is 29.2. The number of carbonyl (C=O) groups is 1. The van der Waals surface area contributed by atoms with Crippen LogP contribution in [0.1, 0.15) is 16.8 Å². The molecule has 9 nitrogen and oxygen atoms in total. The number of nitrogens with one attached hydrogen (secondary N) is 2. The number of pyridine rings is 2. The summed E-state index contributed by atoms with van der Waals surface area (Å²) in [7, 11) is -3.94. The summed E-state index contributed by atoms with van der Waals surface area (Å²) in [5.41, 5.74) is 6.98. The first-order valence-electron chi connectivity index (χ1n) is 9.43. The molecule has 3 aromatic rings. The van der Waals surface area contributed by atoms with Crippen LogP contribution in [-0.4, -0.2) is 23.9 Å². The topological polar surface area (TPSA) is 136 Å². The van der Waals surface area contributed by atoms with Gasteiger partial charge in [0.15, 0.2) is 0 Å². The summed E-state index contributed by atoms with van der Waals surface area (Å²) in [6.07, 6.45) is 1.55. The molecule has 2 heterocycles. The molecule has 10 heteroatoms. The van der Waals surface area contributed by atoms with Crippen molar-refractivity contribution < 1.29 is 13.2 Å². The average molecular weight is 442 g/mol. The molecule has 0 aliphatic carbocycles. The van der Waals surface area contributed by atoms with Gasteiger partial charge < -0.3 is 15.6 Å². The molecule has 0 fully saturated rings. The Hall–Kier alpha value is -3.66. The number of carbonyl (C=O) groups excluding carboxylic acids is 1. The van der Waals surface area contributed by atoms with E-state index < -0.39 is 21.5 Å². The van der Waals surface area contributed by atoms with Crippen molar-refractivity contribution in [2.24, 2.45) is 0 Å². The van der Waals surface area contributed by atoms with Crippen LogP contribution in [-0.2, 0) is 27.9 Å². The molecular weight excluding hydrogens is 418 g/mol. The molecule has 1 aromatic carbocycles. The molecule has 0 aliphatic rings. The number of rotatable bonds is 7. The lowest BCUT2D eigenvalue weighted by atomic mass is 10.2. The van der Waals surface area contributed by atoms with Crippen molar-refractivity contribution in [1.82, 2.24) is 14.9 Å². The van der Waals surface area contributed by atoms with Crippen LogP contribution in [0.5, 0.6) is 0 Å². The van der Waals surface area contributed by atoms with Crippen molar-refractivity contribution in [3.05, 3.63) is 81.9 Å². The summed E-state index contributed by atoms with van der Waals surface area (Å²) in [6, 6.07) is 12.6. The fourth-order valence-electron chi connectivity index (χ4n) is 2.81. The zero-order valence-electron chi connectivity index (χ0n) is 17.1. The first kappa shape index (κ1) is 22.0. The summed E-state index contributed by atoms with van der Waals surface area (Å²) >= 11 is 0. The summed E-state index contributed by atoms with van der Waals surface area (Å²) in [5, 5.41) is 2.70. The van der Waals surface area contributed by atoms with Gasteiger partial charge >= 0.3 is 0 Å². The number of sulfonamides is 1. The van der Waals surface area contributed by atoms with E-state index >= 15 is 0 Å². The van der Waals surface area contributed by atoms with Gasteiger partial charge in [-0.15, -0.1) is 0 Å². The van der Waals surface area contributed by atoms with Crippen molar-refractivity contribution in [2.45, 2.75) is 31.8 Å². The third-order valence-corrected chi connectivity index (χ3v) is 5.99. The second kappa shape index (κ2) is 9.00. The van der Waals surface area contributed by atoms with E-state index in [1.165, 1.54) is 22.8 Å². The Morgan fingerprint density at radius 3 is 2.42 bits per heavy atom. The minimum absolute atomic E-state index is 0.0412. The third kappa shape index (κ3) is 5.48. The number of benzene rings is 1. The van der Waals surface area contributed by atoms with Gasteiger partial charge in [0.05, 0.1) is 4.90 Å². The number of nitrogen functional groups attached to an aromatic ring is 1. The molecule has 0 bridgehead atoms. The lowest BCUT2D eigenvalue weighted by Gasteiger charge is -2.14. The second-order valence-electron chi connectivity index (χ2n) is 7.07. The molecule has 0 saturated heterocycles. The van der Waals surface area contributed by atoms with E-state index in [-0.39, 0.29) is 23.7 Å². The van der Waals surface area contributed by atoms with Gasteiger partial charge in [-0.05, 0) is 49.7 Å². The molecule has 4 N–H and O–H groups in total. The van der Waals surface area contributed by atoms with Crippen molar-refractivity contribution in [3.63, 3.8) is 0 Å². The highest BCUT2D eigenvalue weighted by molar-refractivity contribution is 7.92. The van der Waals surface area contributed by atoms with E-state index in [4.69, 9.17) is 5.73 Å². The minimum atomic E-state index is -3.94. The van der Waals surface area contributed by atoms with Crippen molar-refractivity contribution in [3.8, 4) is 0 Å². The molecule has 31 heavy (non-hydrogen) atoms. The van der Waals surface area contributed by atoms with Crippen LogP contribution < -0.4 is 21.3 Å². The lowest BCUT2D eigenvalue weighted by Crippen LogP contribution is -2.34. The smallest absolute Gasteiger partial charge is 0.275 e. The lowest BCUT2D eigenvalue weighted by molar-refractivity contribution is -0.121. The number of hydrogen-bond acceptors (Lipinski definition) is 6. The number of nitrogens with zero attached hydrogens (tertiary/aromatic N) is 2. The zero-order chi connectivity index (χ0) is 22.6. The summed E-state index contributed by atoms with van der Waals surface area (Å²) in [5.74, 6) is -0.0253. The normalized spacial score (nSPS) is 11.2. The van der Waals surface area contributed by atoms with Crippen LogP contribution in [0.4, 0.5) is 11.5 Å². The monoisotopic (exact) mass is 441 g/mol. The standard InChI is InChI=1S/C21H23N5O4S/c1-14-3-7-17(8-4-14)31(29,30)25-18-9-5-15(2)26(21(18)28)13-20(27)24-12-16-6-10-19(22)23-11-16/h3-11,25H,12-13H2,1-2H3,(H2,22,23)(H,24,27). The number of anilines is 2. The van der Waals surface area contributed by atoms with Crippen LogP contribution in [0.15, 0.2) is 64.4 Å². The van der Waals surface area contributed by atoms with E-state index in [1.807, 2.05) is 6.92 Å². The number of amides is 1. The fourth-order valence-corrected chi connectivity index (χ4v) is 3.86. The van der Waals surface area contributed by atoms with Crippen molar-refractivity contribution in [1.29, 1.82) is 0 Å². The van der Waals surface area contributed by atoms with Gasteiger partial charge in [0.2, 0.25) is 5.91 Å². The molecule has 3 rings (SSSR count). The fraction of sp³-hybridized carbons (Fsp3) is 0.190. The predicted octanol–water partition coefficient (Wildman–Crippen LogP) is 1.56. The molecule has 0 spiro atoms. The first-order chi connectivity index (χ1) is 14.7. The quantitative estimate of drug-likeness (QED) is 0.509. The second-order valence-corrected chi connectivity index (χ2v) is 8.75. The Bertz CT molecular complexity index is 1250. The van der Waals surface area contributed by atoms with Crippen molar-refractivity contribution >= 4 is 27.4 Å². The van der Waals surface area contributed by atoms with Crippen LogP contribution in [0.2, 0.25) is 0 Å². The van der Waals surface area contributed by atoms with E-state index in [0.717, 1.165) is 11.1 Å². The van der Waals surface area contributed by atoms with E-state index in [1.54, 1.807) is 43.5 Å². The average Bonchev–Trinajstić information content (AvgIpc) is 2.73. The Kier molecular flexibility index (Phi) is 6.40. The molecule has 0 atom stereocenters. The molecule has 162 valence electrons. The van der Waals surface area contributed by atoms with Crippen LogP contribution in [0.3, 0.4) is 0 Å². The van der Waals surface area contributed by atoms with E-state index in [0.29, 0.717) is 11.5 Å². The minimum Gasteiger partial charge on any atom is -0.384 e. The van der Waals surface area contributed by atoms with Crippen molar-refractivity contribution in [2.75, 3.05) is 10.5 Å². The highest BCUT2D eigenvalue weighted by Gasteiger charge is 2.18. The zero-order valence-corrected chi connectivity index (χ0v) is 17.9. The Morgan fingerprint density at radius 2 is 1.77 bits per heavy atom. The van der Waals surface area contributed by atoms with Gasteiger partial charge in [-0.1, -0.05) is 23.8 Å². The van der Waals surface area contributed by atoms with Gasteiger partial charge in [-0.2, -0.15) is 0 Å². The van der Waals surface area contributed by atoms with Gasteiger partial charge in [-0.3, -0.25) is 14.3 Å². The maximum atomic E-state index is 12.8. The molecule has 1 amide bonds. The SMILES string of the molecule is Cc1ccc(S(=O)(=O)Nc2ccc(C)n(CC(=O)NCc3ccc(N)nc3)c2=O)cc1. The summed E-state index contributed by atoms with van der Waals surface area (Å²) in [6.45, 7) is 3.47. The van der Waals surface area contributed by atoms with Crippen LogP contribution in [0, 0.1) is 13.8 Å². The van der Waals surface area contributed by atoms with Gasteiger partial charge in [0, 0.05) is 18.4 Å². The third-order valence-electron chi connectivity index (χ3n) is 4.61. The predicted molar refractivity (Wildman–Crippen MR) is 118 cm³/mol. The maximum Gasteiger partial charge on any atom is 0.275 e. The maximum absolute atomic E-state index is 12.8. The molecular formula is C21H23N5O4S. The van der Waals surface area contributed by atoms with E-state index in [2.05, 4.69) is 15.0 Å².